The average molecular weight is 187 g/mol. The van der Waals surface area contributed by atoms with Gasteiger partial charge in [0.15, 0.2) is 0 Å². The van der Waals surface area contributed by atoms with E-state index in [0.717, 1.165) is 18.4 Å². The second-order valence-corrected chi connectivity index (χ2v) is 4.29. The van der Waals surface area contributed by atoms with Gasteiger partial charge in [0, 0.05) is 10.9 Å². The van der Waals surface area contributed by atoms with E-state index < -0.39 is 0 Å². The van der Waals surface area contributed by atoms with Crippen molar-refractivity contribution >= 4 is 11.0 Å². The molecule has 1 aliphatic rings. The van der Waals surface area contributed by atoms with Crippen molar-refractivity contribution in [2.45, 2.75) is 25.3 Å². The van der Waals surface area contributed by atoms with E-state index >= 15 is 0 Å². The molecule has 0 aliphatic heterocycles. The third-order valence-corrected chi connectivity index (χ3v) is 3.13. The quantitative estimate of drug-likeness (QED) is 0.745. The Bertz CT molecular complexity index is 494. The lowest BCUT2D eigenvalue weighted by atomic mass is 10.0. The van der Waals surface area contributed by atoms with Gasteiger partial charge in [0.2, 0.25) is 0 Å². The zero-order chi connectivity index (χ0) is 9.76. The summed E-state index contributed by atoms with van der Waals surface area (Å²) >= 11 is 0. The predicted molar refractivity (Wildman–Crippen MR) is 56.1 cm³/mol. The maximum Gasteiger partial charge on any atom is 0.134 e. The monoisotopic (exact) mass is 187 g/mol. The van der Waals surface area contributed by atoms with Crippen molar-refractivity contribution in [3.63, 3.8) is 0 Å². The van der Waals surface area contributed by atoms with Gasteiger partial charge >= 0.3 is 0 Å². The van der Waals surface area contributed by atoms with Crippen LogP contribution >= 0.6 is 0 Å². The Kier molecular flexibility index (Phi) is 1.38. The second-order valence-electron chi connectivity index (χ2n) is 4.29. The van der Waals surface area contributed by atoms with Crippen LogP contribution in [0.3, 0.4) is 0 Å². The number of rotatable bonds is 1. The van der Waals surface area contributed by atoms with Crippen LogP contribution in [0.1, 0.15) is 24.0 Å². The summed E-state index contributed by atoms with van der Waals surface area (Å²) in [5.74, 6) is 0. The molecule has 3 rings (SSSR count). The molecule has 2 heteroatoms. The molecule has 0 atom stereocenters. The van der Waals surface area contributed by atoms with Gasteiger partial charge in [-0.3, -0.25) is 0 Å². The number of benzene rings is 1. The van der Waals surface area contributed by atoms with Crippen LogP contribution < -0.4 is 5.73 Å². The van der Waals surface area contributed by atoms with Crippen molar-refractivity contribution in [2.24, 2.45) is 5.73 Å². The molecular formula is C12H13NO. The van der Waals surface area contributed by atoms with E-state index in [2.05, 4.69) is 19.1 Å². The Labute approximate surface area is 82.7 Å². The van der Waals surface area contributed by atoms with Crippen LogP contribution in [0.25, 0.3) is 11.0 Å². The molecule has 0 radical (unpaired) electrons. The molecular weight excluding hydrogens is 174 g/mol. The summed E-state index contributed by atoms with van der Waals surface area (Å²) in [6, 6.07) is 6.27. The van der Waals surface area contributed by atoms with E-state index in [0.29, 0.717) is 0 Å². The topological polar surface area (TPSA) is 39.2 Å². The molecule has 1 fully saturated rings. The summed E-state index contributed by atoms with van der Waals surface area (Å²) in [5, 5.41) is 1.19. The Hall–Kier alpha value is -1.28. The Morgan fingerprint density at radius 1 is 1.36 bits per heavy atom. The first-order valence-corrected chi connectivity index (χ1v) is 4.96. The van der Waals surface area contributed by atoms with Gasteiger partial charge in [-0.25, -0.2) is 0 Å². The standard InChI is InChI=1S/C12H13NO/c1-8-7-14-11-3-2-9(6-10(8)11)12(13)4-5-12/h2-3,6-7H,4-5,13H2,1H3. The van der Waals surface area contributed by atoms with E-state index in [1.54, 1.807) is 6.26 Å². The van der Waals surface area contributed by atoms with Gasteiger partial charge < -0.3 is 10.2 Å². The maximum atomic E-state index is 6.15. The van der Waals surface area contributed by atoms with Gasteiger partial charge in [-0.2, -0.15) is 0 Å². The van der Waals surface area contributed by atoms with E-state index in [1.807, 2.05) is 6.07 Å². The molecule has 2 nitrogen and oxygen atoms in total. The minimum absolute atomic E-state index is 0.0437. The van der Waals surface area contributed by atoms with Gasteiger partial charge in [-0.15, -0.1) is 0 Å². The van der Waals surface area contributed by atoms with Crippen molar-refractivity contribution in [3.8, 4) is 0 Å². The van der Waals surface area contributed by atoms with Gasteiger partial charge in [0.05, 0.1) is 6.26 Å². The highest BCUT2D eigenvalue weighted by Gasteiger charge is 2.40. The van der Waals surface area contributed by atoms with Crippen molar-refractivity contribution < 1.29 is 4.42 Å². The van der Waals surface area contributed by atoms with Crippen LogP contribution in [0.5, 0.6) is 0 Å². The number of hydrogen-bond acceptors (Lipinski definition) is 2. The Balaban J connectivity index is 2.23. The van der Waals surface area contributed by atoms with E-state index in [9.17, 15) is 0 Å². The smallest absolute Gasteiger partial charge is 0.134 e. The van der Waals surface area contributed by atoms with Crippen LogP contribution in [0, 0.1) is 6.92 Å². The average Bonchev–Trinajstić information content (AvgIpc) is 2.84. The lowest BCUT2D eigenvalue weighted by Gasteiger charge is -2.08. The molecule has 2 N–H and O–H groups in total. The Morgan fingerprint density at radius 3 is 2.86 bits per heavy atom. The fourth-order valence-corrected chi connectivity index (χ4v) is 1.89. The minimum atomic E-state index is -0.0437. The van der Waals surface area contributed by atoms with Crippen LogP contribution in [-0.4, -0.2) is 0 Å². The maximum absolute atomic E-state index is 6.15. The molecule has 2 aromatic rings. The first-order valence-electron chi connectivity index (χ1n) is 4.96. The van der Waals surface area contributed by atoms with Gasteiger partial charge in [-0.1, -0.05) is 6.07 Å². The SMILES string of the molecule is Cc1coc2ccc(C3(N)CC3)cc12. The zero-order valence-electron chi connectivity index (χ0n) is 8.21. The molecule has 14 heavy (non-hydrogen) atoms. The van der Waals surface area contributed by atoms with E-state index in [4.69, 9.17) is 10.2 Å². The minimum Gasteiger partial charge on any atom is -0.464 e. The molecule has 1 aromatic carbocycles. The molecule has 0 spiro atoms. The van der Waals surface area contributed by atoms with Gasteiger partial charge in [-0.05, 0) is 43.0 Å². The third-order valence-electron chi connectivity index (χ3n) is 3.13. The summed E-state index contributed by atoms with van der Waals surface area (Å²) in [4.78, 5) is 0. The summed E-state index contributed by atoms with van der Waals surface area (Å²) in [7, 11) is 0. The zero-order valence-corrected chi connectivity index (χ0v) is 8.21. The highest BCUT2D eigenvalue weighted by atomic mass is 16.3. The van der Waals surface area contributed by atoms with Crippen LogP contribution in [0.4, 0.5) is 0 Å². The predicted octanol–water partition coefficient (Wildman–Crippen LogP) is 2.69. The molecule has 0 unspecified atom stereocenters. The summed E-state index contributed by atoms with van der Waals surface area (Å²) in [6.07, 6.45) is 4.01. The fourth-order valence-electron chi connectivity index (χ4n) is 1.89. The summed E-state index contributed by atoms with van der Waals surface area (Å²) in [6.45, 7) is 2.06. The largest absolute Gasteiger partial charge is 0.464 e. The number of aryl methyl sites for hydroxylation is 1. The van der Waals surface area contributed by atoms with Crippen molar-refractivity contribution in [2.75, 3.05) is 0 Å². The van der Waals surface area contributed by atoms with Gasteiger partial charge in [0.25, 0.3) is 0 Å². The highest BCUT2D eigenvalue weighted by Crippen LogP contribution is 2.43. The molecule has 0 bridgehead atoms. The highest BCUT2D eigenvalue weighted by molar-refractivity contribution is 5.81. The number of furan rings is 1. The second kappa shape index (κ2) is 2.39. The van der Waals surface area contributed by atoms with Crippen molar-refractivity contribution in [3.05, 3.63) is 35.6 Å². The van der Waals surface area contributed by atoms with Crippen molar-refractivity contribution in [1.82, 2.24) is 0 Å². The molecule has 1 saturated carbocycles. The molecule has 0 amide bonds. The molecule has 1 aromatic heterocycles. The molecule has 1 aliphatic carbocycles. The van der Waals surface area contributed by atoms with E-state index in [-0.39, 0.29) is 5.54 Å². The van der Waals surface area contributed by atoms with E-state index in [1.165, 1.54) is 16.5 Å². The number of hydrogen-bond donors (Lipinski definition) is 1. The third kappa shape index (κ3) is 1.01. The first-order chi connectivity index (χ1) is 6.69. The summed E-state index contributed by atoms with van der Waals surface area (Å²) in [5.41, 5.74) is 9.49. The van der Waals surface area contributed by atoms with Crippen LogP contribution in [0.2, 0.25) is 0 Å². The van der Waals surface area contributed by atoms with Gasteiger partial charge in [0.1, 0.15) is 5.58 Å². The number of nitrogens with two attached hydrogens (primary N) is 1. The first kappa shape index (κ1) is 8.06. The van der Waals surface area contributed by atoms with Crippen LogP contribution in [0.15, 0.2) is 28.9 Å². The molecule has 72 valence electrons. The normalized spacial score (nSPS) is 18.7. The fraction of sp³-hybridized carbons (Fsp3) is 0.333. The molecule has 1 heterocycles. The van der Waals surface area contributed by atoms with Crippen molar-refractivity contribution in [1.29, 1.82) is 0 Å². The number of fused-ring (bicyclic) bond motifs is 1. The lowest BCUT2D eigenvalue weighted by molar-refractivity contribution is 0.612. The van der Waals surface area contributed by atoms with Crippen LogP contribution in [-0.2, 0) is 5.54 Å². The molecule has 0 saturated heterocycles. The lowest BCUT2D eigenvalue weighted by Crippen LogP contribution is -2.18. The Morgan fingerprint density at radius 2 is 2.14 bits per heavy atom. The summed E-state index contributed by atoms with van der Waals surface area (Å²) < 4.78 is 5.40.